The van der Waals surface area contributed by atoms with E-state index in [0.717, 1.165) is 25.1 Å². The quantitative estimate of drug-likeness (QED) is 0.664. The minimum atomic E-state index is 0.246. The number of anilines is 1. The Morgan fingerprint density at radius 3 is 3.00 bits per heavy atom. The van der Waals surface area contributed by atoms with Crippen LogP contribution in [-0.4, -0.2) is 28.2 Å². The Kier molecular flexibility index (Phi) is 4.18. The molecular formula is C9H15N3O. The summed E-state index contributed by atoms with van der Waals surface area (Å²) >= 11 is 0. The summed E-state index contributed by atoms with van der Waals surface area (Å²) < 4.78 is 0. The third-order valence-electron chi connectivity index (χ3n) is 1.66. The van der Waals surface area contributed by atoms with Gasteiger partial charge in [0.2, 0.25) is 5.95 Å². The Bertz CT molecular complexity index is 252. The number of nitrogens with zero attached hydrogens (tertiary/aromatic N) is 2. The topological polar surface area (TPSA) is 58.0 Å². The molecule has 2 N–H and O–H groups in total. The van der Waals surface area contributed by atoms with Crippen LogP contribution in [0.1, 0.15) is 18.5 Å². The van der Waals surface area contributed by atoms with Crippen LogP contribution in [0.5, 0.6) is 0 Å². The van der Waals surface area contributed by atoms with Gasteiger partial charge in [0, 0.05) is 25.0 Å². The van der Waals surface area contributed by atoms with Crippen LogP contribution < -0.4 is 5.32 Å². The summed E-state index contributed by atoms with van der Waals surface area (Å²) in [6.45, 7) is 2.99. The summed E-state index contributed by atoms with van der Waals surface area (Å²) in [5.74, 6) is 0.665. The largest absolute Gasteiger partial charge is 0.396 e. The molecule has 0 spiro atoms. The van der Waals surface area contributed by atoms with Gasteiger partial charge in [-0.05, 0) is 25.8 Å². The first-order valence-corrected chi connectivity index (χ1v) is 4.47. The number of hydrogen-bond acceptors (Lipinski definition) is 4. The summed E-state index contributed by atoms with van der Waals surface area (Å²) in [4.78, 5) is 8.24. The van der Waals surface area contributed by atoms with Gasteiger partial charge in [0.05, 0.1) is 0 Å². The van der Waals surface area contributed by atoms with Crippen LogP contribution in [0.15, 0.2) is 12.3 Å². The normalized spacial score (nSPS) is 10.0. The fourth-order valence-corrected chi connectivity index (χ4v) is 0.971. The number of aliphatic hydroxyl groups excluding tert-OH is 1. The van der Waals surface area contributed by atoms with Crippen molar-refractivity contribution < 1.29 is 5.11 Å². The Hall–Kier alpha value is -1.16. The molecular weight excluding hydrogens is 166 g/mol. The van der Waals surface area contributed by atoms with E-state index in [1.54, 1.807) is 6.20 Å². The second kappa shape index (κ2) is 5.48. The van der Waals surface area contributed by atoms with Gasteiger partial charge in [0.25, 0.3) is 0 Å². The molecule has 0 fully saturated rings. The molecule has 0 atom stereocenters. The molecule has 1 aromatic heterocycles. The molecule has 4 heteroatoms. The van der Waals surface area contributed by atoms with Crippen molar-refractivity contribution >= 4 is 5.95 Å². The Balaban J connectivity index is 2.28. The summed E-state index contributed by atoms with van der Waals surface area (Å²) in [7, 11) is 0. The number of rotatable bonds is 5. The molecule has 0 aromatic carbocycles. The molecule has 0 aliphatic carbocycles. The van der Waals surface area contributed by atoms with E-state index in [1.807, 2.05) is 13.0 Å². The molecule has 0 unspecified atom stereocenters. The average Bonchev–Trinajstić information content (AvgIpc) is 2.13. The molecule has 4 nitrogen and oxygen atoms in total. The minimum absolute atomic E-state index is 0.246. The van der Waals surface area contributed by atoms with Gasteiger partial charge >= 0.3 is 0 Å². The lowest BCUT2D eigenvalue weighted by atomic mass is 10.3. The number of unbranched alkanes of at least 4 members (excludes halogenated alkanes) is 1. The highest BCUT2D eigenvalue weighted by molar-refractivity contribution is 5.24. The molecule has 72 valence electrons. The van der Waals surface area contributed by atoms with Crippen LogP contribution in [0.3, 0.4) is 0 Å². The Labute approximate surface area is 78.0 Å². The van der Waals surface area contributed by atoms with Gasteiger partial charge in [-0.3, -0.25) is 0 Å². The van der Waals surface area contributed by atoms with E-state index in [4.69, 9.17) is 5.11 Å². The third-order valence-corrected chi connectivity index (χ3v) is 1.66. The number of aliphatic hydroxyl groups is 1. The van der Waals surface area contributed by atoms with Crippen LogP contribution in [0.25, 0.3) is 0 Å². The summed E-state index contributed by atoms with van der Waals surface area (Å²) in [5, 5.41) is 11.6. The van der Waals surface area contributed by atoms with Crippen molar-refractivity contribution in [3.8, 4) is 0 Å². The van der Waals surface area contributed by atoms with Crippen molar-refractivity contribution in [1.29, 1.82) is 0 Å². The van der Waals surface area contributed by atoms with Crippen LogP contribution >= 0.6 is 0 Å². The van der Waals surface area contributed by atoms with Crippen molar-refractivity contribution in [2.75, 3.05) is 18.5 Å². The maximum Gasteiger partial charge on any atom is 0.222 e. The van der Waals surface area contributed by atoms with Gasteiger partial charge in [-0.2, -0.15) is 0 Å². The van der Waals surface area contributed by atoms with Crippen molar-refractivity contribution in [1.82, 2.24) is 9.97 Å². The van der Waals surface area contributed by atoms with E-state index in [2.05, 4.69) is 15.3 Å². The van der Waals surface area contributed by atoms with E-state index < -0.39 is 0 Å². The lowest BCUT2D eigenvalue weighted by molar-refractivity contribution is 0.286. The molecule has 0 aliphatic heterocycles. The summed E-state index contributed by atoms with van der Waals surface area (Å²) in [6.07, 6.45) is 3.49. The number of aromatic nitrogens is 2. The minimum Gasteiger partial charge on any atom is -0.396 e. The van der Waals surface area contributed by atoms with E-state index in [-0.39, 0.29) is 6.61 Å². The molecule has 13 heavy (non-hydrogen) atoms. The van der Waals surface area contributed by atoms with E-state index >= 15 is 0 Å². The van der Waals surface area contributed by atoms with Crippen molar-refractivity contribution in [3.05, 3.63) is 18.0 Å². The third kappa shape index (κ3) is 3.85. The van der Waals surface area contributed by atoms with Crippen LogP contribution in [0, 0.1) is 6.92 Å². The van der Waals surface area contributed by atoms with Crippen LogP contribution in [0.4, 0.5) is 5.95 Å². The highest BCUT2D eigenvalue weighted by Gasteiger charge is 1.93. The molecule has 0 amide bonds. The second-order valence-electron chi connectivity index (χ2n) is 2.88. The zero-order chi connectivity index (χ0) is 9.52. The SMILES string of the molecule is Cc1ccnc(NCCCCO)n1. The van der Waals surface area contributed by atoms with Crippen molar-refractivity contribution in [2.24, 2.45) is 0 Å². The zero-order valence-electron chi connectivity index (χ0n) is 7.82. The first-order valence-electron chi connectivity index (χ1n) is 4.47. The molecule has 0 saturated carbocycles. The van der Waals surface area contributed by atoms with Gasteiger partial charge in [-0.25, -0.2) is 9.97 Å². The standard InChI is InChI=1S/C9H15N3O/c1-8-4-6-11-9(12-8)10-5-2-3-7-13/h4,6,13H,2-3,5,7H2,1H3,(H,10,11,12). The van der Waals surface area contributed by atoms with Crippen molar-refractivity contribution in [3.63, 3.8) is 0 Å². The molecule has 0 saturated heterocycles. The smallest absolute Gasteiger partial charge is 0.222 e. The summed E-state index contributed by atoms with van der Waals surface area (Å²) in [6, 6.07) is 1.86. The molecule has 0 radical (unpaired) electrons. The first-order chi connectivity index (χ1) is 6.33. The number of nitrogens with one attached hydrogen (secondary N) is 1. The fraction of sp³-hybridized carbons (Fsp3) is 0.556. The van der Waals surface area contributed by atoms with Gasteiger partial charge < -0.3 is 10.4 Å². The molecule has 1 rings (SSSR count). The van der Waals surface area contributed by atoms with E-state index in [1.165, 1.54) is 0 Å². The molecule has 1 heterocycles. The lowest BCUT2D eigenvalue weighted by Crippen LogP contribution is -2.06. The van der Waals surface area contributed by atoms with Crippen LogP contribution in [0.2, 0.25) is 0 Å². The highest BCUT2D eigenvalue weighted by atomic mass is 16.2. The van der Waals surface area contributed by atoms with Crippen molar-refractivity contribution in [2.45, 2.75) is 19.8 Å². The first kappa shape index (κ1) is 9.92. The Morgan fingerprint density at radius 1 is 1.46 bits per heavy atom. The molecule has 0 aliphatic rings. The van der Waals surface area contributed by atoms with Gasteiger partial charge in [0.1, 0.15) is 0 Å². The Morgan fingerprint density at radius 2 is 2.31 bits per heavy atom. The predicted octanol–water partition coefficient (Wildman–Crippen LogP) is 0.969. The van der Waals surface area contributed by atoms with Gasteiger partial charge in [-0.15, -0.1) is 0 Å². The maximum absolute atomic E-state index is 8.55. The second-order valence-corrected chi connectivity index (χ2v) is 2.88. The highest BCUT2D eigenvalue weighted by Crippen LogP contribution is 1.99. The lowest BCUT2D eigenvalue weighted by Gasteiger charge is -2.03. The zero-order valence-corrected chi connectivity index (χ0v) is 7.82. The van der Waals surface area contributed by atoms with E-state index in [0.29, 0.717) is 5.95 Å². The van der Waals surface area contributed by atoms with Gasteiger partial charge in [-0.1, -0.05) is 0 Å². The van der Waals surface area contributed by atoms with E-state index in [9.17, 15) is 0 Å². The maximum atomic E-state index is 8.55. The average molecular weight is 181 g/mol. The summed E-state index contributed by atoms with van der Waals surface area (Å²) in [5.41, 5.74) is 0.958. The fourth-order valence-electron chi connectivity index (χ4n) is 0.971. The number of aryl methyl sites for hydroxylation is 1. The number of hydrogen-bond donors (Lipinski definition) is 2. The monoisotopic (exact) mass is 181 g/mol. The molecule has 0 bridgehead atoms. The predicted molar refractivity (Wildman–Crippen MR) is 51.6 cm³/mol. The van der Waals surface area contributed by atoms with Crippen LogP contribution in [-0.2, 0) is 0 Å². The van der Waals surface area contributed by atoms with Gasteiger partial charge in [0.15, 0.2) is 0 Å². The molecule has 1 aromatic rings.